The van der Waals surface area contributed by atoms with Crippen molar-refractivity contribution in [3.05, 3.63) is 71.8 Å². The van der Waals surface area contributed by atoms with Crippen LogP contribution in [-0.2, 0) is 41.7 Å². The van der Waals surface area contributed by atoms with Gasteiger partial charge in [0, 0.05) is 13.1 Å². The van der Waals surface area contributed by atoms with E-state index in [2.05, 4.69) is 5.32 Å². The summed E-state index contributed by atoms with van der Waals surface area (Å²) in [7, 11) is 0. The first kappa shape index (κ1) is 33.9. The first-order valence-corrected chi connectivity index (χ1v) is 12.6. The van der Waals surface area contributed by atoms with Crippen molar-refractivity contribution in [3.63, 3.8) is 0 Å². The standard InChI is InChI=1S/C14H19NO3.C11H15NO2.C3H5ClO/c1-3-18-14(17)11-15(9-12(2)16)10-13-7-5-4-6-8-13;1-2-14-11(13)9-12-8-10-6-4-3-5-7-10;1-3(5)2-4/h4-8H,3,9-11H2,1-2H3;3-7,12H,2,8-9H2,1H3;2H2,1H3. The van der Waals surface area contributed by atoms with Crippen LogP contribution in [0.1, 0.15) is 38.8 Å². The van der Waals surface area contributed by atoms with Crippen LogP contribution in [0.5, 0.6) is 0 Å². The lowest BCUT2D eigenvalue weighted by Gasteiger charge is -2.19. The lowest BCUT2D eigenvalue weighted by atomic mass is 10.2. The number of halogens is 1. The summed E-state index contributed by atoms with van der Waals surface area (Å²) in [6, 6.07) is 19.7. The van der Waals surface area contributed by atoms with Gasteiger partial charge in [-0.1, -0.05) is 60.7 Å². The molecule has 2 aromatic rings. The number of esters is 2. The number of Topliss-reactive ketones (excluding diaryl/α,β-unsaturated/α-hetero) is 2. The molecule has 1 N–H and O–H groups in total. The second-order valence-corrected chi connectivity index (χ2v) is 8.13. The molecule has 37 heavy (non-hydrogen) atoms. The second-order valence-electron chi connectivity index (χ2n) is 7.87. The van der Waals surface area contributed by atoms with Crippen LogP contribution in [-0.4, -0.2) is 67.1 Å². The molecule has 204 valence electrons. The first-order chi connectivity index (χ1) is 17.7. The molecule has 0 heterocycles. The van der Waals surface area contributed by atoms with Gasteiger partial charge in [0.15, 0.2) is 0 Å². The normalized spacial score (nSPS) is 9.78. The average molecular weight is 535 g/mol. The summed E-state index contributed by atoms with van der Waals surface area (Å²) in [5, 5.41) is 3.01. The molecule has 2 rings (SSSR count). The first-order valence-electron chi connectivity index (χ1n) is 12.1. The fourth-order valence-electron chi connectivity index (χ4n) is 2.83. The number of hydrogen-bond donors (Lipinski definition) is 1. The lowest BCUT2D eigenvalue weighted by molar-refractivity contribution is -0.145. The van der Waals surface area contributed by atoms with Gasteiger partial charge in [-0.3, -0.25) is 24.1 Å². The van der Waals surface area contributed by atoms with E-state index in [1.807, 2.05) is 60.7 Å². The predicted octanol–water partition coefficient (Wildman–Crippen LogP) is 3.79. The molecule has 0 aliphatic carbocycles. The van der Waals surface area contributed by atoms with Crippen molar-refractivity contribution >= 4 is 35.1 Å². The molecule has 0 aliphatic heterocycles. The molecule has 0 saturated carbocycles. The van der Waals surface area contributed by atoms with Gasteiger partial charge in [0.2, 0.25) is 0 Å². The minimum atomic E-state index is -0.297. The van der Waals surface area contributed by atoms with Crippen molar-refractivity contribution < 1.29 is 28.7 Å². The van der Waals surface area contributed by atoms with Gasteiger partial charge in [-0.25, -0.2) is 0 Å². The molecule has 0 amide bonds. The topological polar surface area (TPSA) is 102 Å². The summed E-state index contributed by atoms with van der Waals surface area (Å²) in [4.78, 5) is 45.1. The van der Waals surface area contributed by atoms with E-state index >= 15 is 0 Å². The Morgan fingerprint density at radius 1 is 0.757 bits per heavy atom. The molecule has 0 fully saturated rings. The Hall–Kier alpha value is -3.07. The predicted molar refractivity (Wildman–Crippen MR) is 145 cm³/mol. The molecule has 0 bridgehead atoms. The molecule has 8 nitrogen and oxygen atoms in total. The number of hydrogen-bond acceptors (Lipinski definition) is 8. The van der Waals surface area contributed by atoms with Gasteiger partial charge < -0.3 is 14.8 Å². The van der Waals surface area contributed by atoms with Crippen LogP contribution in [0.2, 0.25) is 0 Å². The van der Waals surface area contributed by atoms with E-state index in [9.17, 15) is 19.2 Å². The van der Waals surface area contributed by atoms with E-state index < -0.39 is 0 Å². The average Bonchev–Trinajstić information content (AvgIpc) is 2.86. The molecule has 0 spiro atoms. The van der Waals surface area contributed by atoms with Crippen LogP contribution in [0.25, 0.3) is 0 Å². The van der Waals surface area contributed by atoms with Crippen molar-refractivity contribution in [3.8, 4) is 0 Å². The molecule has 9 heteroatoms. The maximum Gasteiger partial charge on any atom is 0.320 e. The van der Waals surface area contributed by atoms with Crippen LogP contribution in [0.15, 0.2) is 60.7 Å². The molecule has 0 atom stereocenters. The molecular formula is C28H39ClN2O6. The SMILES string of the molecule is CC(=O)CCl.CCOC(=O)CN(CC(C)=O)Cc1ccccc1.CCOC(=O)CNCc1ccccc1. The largest absolute Gasteiger partial charge is 0.465 e. The number of nitrogens with zero attached hydrogens (tertiary/aromatic N) is 1. The van der Waals surface area contributed by atoms with Crippen LogP contribution >= 0.6 is 11.6 Å². The minimum Gasteiger partial charge on any atom is -0.465 e. The molecule has 0 unspecified atom stereocenters. The maximum absolute atomic E-state index is 11.4. The van der Waals surface area contributed by atoms with Crippen molar-refractivity contribution in [2.75, 3.05) is 38.7 Å². The smallest absolute Gasteiger partial charge is 0.320 e. The van der Waals surface area contributed by atoms with Crippen LogP contribution in [0.3, 0.4) is 0 Å². The molecular weight excluding hydrogens is 496 g/mol. The highest BCUT2D eigenvalue weighted by Crippen LogP contribution is 2.04. The number of nitrogens with one attached hydrogen (secondary N) is 1. The van der Waals surface area contributed by atoms with Crippen LogP contribution < -0.4 is 5.32 Å². The van der Waals surface area contributed by atoms with E-state index in [4.69, 9.17) is 21.1 Å². The summed E-state index contributed by atoms with van der Waals surface area (Å²) in [5.41, 5.74) is 2.24. The maximum atomic E-state index is 11.4. The van der Waals surface area contributed by atoms with Gasteiger partial charge in [0.05, 0.1) is 38.7 Å². The van der Waals surface area contributed by atoms with Gasteiger partial charge >= 0.3 is 11.9 Å². The Kier molecular flexibility index (Phi) is 20.3. The van der Waals surface area contributed by atoms with Gasteiger partial charge in [-0.2, -0.15) is 0 Å². The van der Waals surface area contributed by atoms with Gasteiger partial charge in [0.1, 0.15) is 11.6 Å². The highest BCUT2D eigenvalue weighted by atomic mass is 35.5. The monoisotopic (exact) mass is 534 g/mol. The van der Waals surface area contributed by atoms with Crippen molar-refractivity contribution in [1.29, 1.82) is 0 Å². The van der Waals surface area contributed by atoms with E-state index in [1.54, 1.807) is 18.7 Å². The van der Waals surface area contributed by atoms with Crippen molar-refractivity contribution in [2.24, 2.45) is 0 Å². The molecule has 0 aromatic heterocycles. The Morgan fingerprint density at radius 3 is 1.70 bits per heavy atom. The van der Waals surface area contributed by atoms with Gasteiger partial charge in [-0.05, 0) is 38.8 Å². The Bertz CT molecular complexity index is 909. The highest BCUT2D eigenvalue weighted by molar-refractivity contribution is 6.27. The number of carbonyl (C=O) groups is 4. The number of ketones is 2. The fourth-order valence-corrected chi connectivity index (χ4v) is 2.83. The summed E-state index contributed by atoms with van der Waals surface area (Å²) in [6.07, 6.45) is 0. The summed E-state index contributed by atoms with van der Waals surface area (Å²) in [5.74, 6) is -0.306. The van der Waals surface area contributed by atoms with Crippen molar-refractivity contribution in [1.82, 2.24) is 10.2 Å². The molecule has 2 aromatic carbocycles. The third kappa shape index (κ3) is 20.8. The van der Waals surface area contributed by atoms with Gasteiger partial charge in [0.25, 0.3) is 0 Å². The number of alkyl halides is 1. The molecule has 0 aliphatic rings. The zero-order valence-electron chi connectivity index (χ0n) is 22.2. The summed E-state index contributed by atoms with van der Waals surface area (Å²) in [6.45, 7) is 9.26. The quantitative estimate of drug-likeness (QED) is 0.306. The zero-order valence-corrected chi connectivity index (χ0v) is 23.0. The number of carbonyl (C=O) groups excluding carboxylic acids is 4. The zero-order chi connectivity index (χ0) is 27.9. The number of benzene rings is 2. The molecule has 0 saturated heterocycles. The minimum absolute atomic E-state index is 0.0201. The lowest BCUT2D eigenvalue weighted by Crippen LogP contribution is -2.34. The Morgan fingerprint density at radius 2 is 1.24 bits per heavy atom. The van der Waals surface area contributed by atoms with Gasteiger partial charge in [-0.15, -0.1) is 11.6 Å². The molecule has 0 radical (unpaired) electrons. The number of ether oxygens (including phenoxy) is 2. The van der Waals surface area contributed by atoms with E-state index in [-0.39, 0.29) is 49.0 Å². The third-order valence-corrected chi connectivity index (χ3v) is 4.66. The van der Waals surface area contributed by atoms with Crippen LogP contribution in [0.4, 0.5) is 0 Å². The Labute approximate surface area is 225 Å². The van der Waals surface area contributed by atoms with E-state index in [0.717, 1.165) is 11.1 Å². The highest BCUT2D eigenvalue weighted by Gasteiger charge is 2.13. The summed E-state index contributed by atoms with van der Waals surface area (Å²) >= 11 is 4.99. The van der Waals surface area contributed by atoms with E-state index in [0.29, 0.717) is 26.3 Å². The third-order valence-electron chi connectivity index (χ3n) is 4.29. The second kappa shape index (κ2) is 22.2. The fraction of sp³-hybridized carbons (Fsp3) is 0.429. The van der Waals surface area contributed by atoms with Crippen molar-refractivity contribution in [2.45, 2.75) is 40.8 Å². The summed E-state index contributed by atoms with van der Waals surface area (Å²) < 4.78 is 9.68. The Balaban J connectivity index is 0.000000605. The van der Waals surface area contributed by atoms with Crippen LogP contribution in [0, 0.1) is 0 Å². The van der Waals surface area contributed by atoms with E-state index in [1.165, 1.54) is 13.8 Å². The number of rotatable bonds is 13.